The standard InChI is InChI=1S/C20H25F2N3O/c1-14(2)10-16-13-25(9-8-24-16)17-5-6-18(15-4-3-7-23-12-15)19(11-17)26-20(21)22/h3-7,11-12,14,16,20,24H,8-10,13H2,1-2H3. The molecular formula is C20H25F2N3O. The fourth-order valence-corrected chi connectivity index (χ4v) is 3.45. The molecule has 0 amide bonds. The van der Waals surface area contributed by atoms with Gasteiger partial charge in [0.1, 0.15) is 5.75 Å². The summed E-state index contributed by atoms with van der Waals surface area (Å²) in [5.74, 6) is 0.794. The molecule has 140 valence electrons. The summed E-state index contributed by atoms with van der Waals surface area (Å²) < 4.78 is 30.7. The van der Waals surface area contributed by atoms with Gasteiger partial charge in [0, 0.05) is 61.0 Å². The Morgan fingerprint density at radius 2 is 2.15 bits per heavy atom. The van der Waals surface area contributed by atoms with E-state index in [2.05, 4.69) is 29.0 Å². The minimum atomic E-state index is -2.86. The second-order valence-corrected chi connectivity index (χ2v) is 7.03. The van der Waals surface area contributed by atoms with Gasteiger partial charge in [-0.1, -0.05) is 19.9 Å². The number of alkyl halides is 2. The molecule has 0 spiro atoms. The average molecular weight is 361 g/mol. The molecule has 0 aliphatic carbocycles. The van der Waals surface area contributed by atoms with Gasteiger partial charge in [0.15, 0.2) is 0 Å². The van der Waals surface area contributed by atoms with Crippen LogP contribution >= 0.6 is 0 Å². The molecule has 1 aromatic carbocycles. The lowest BCUT2D eigenvalue weighted by molar-refractivity contribution is -0.0494. The smallest absolute Gasteiger partial charge is 0.387 e. The maximum absolute atomic E-state index is 12.9. The zero-order chi connectivity index (χ0) is 18.5. The van der Waals surface area contributed by atoms with Crippen molar-refractivity contribution in [1.29, 1.82) is 0 Å². The molecule has 2 aromatic rings. The number of halogens is 2. The normalized spacial score (nSPS) is 17.8. The molecule has 0 radical (unpaired) electrons. The number of ether oxygens (including phenoxy) is 1. The summed E-state index contributed by atoms with van der Waals surface area (Å²) in [6.45, 7) is 4.13. The highest BCUT2D eigenvalue weighted by Crippen LogP contribution is 2.35. The van der Waals surface area contributed by atoms with Crippen LogP contribution in [0.5, 0.6) is 5.75 Å². The molecule has 1 saturated heterocycles. The van der Waals surface area contributed by atoms with Crippen LogP contribution < -0.4 is 15.0 Å². The molecule has 1 aromatic heterocycles. The van der Waals surface area contributed by atoms with Crippen molar-refractivity contribution >= 4 is 5.69 Å². The number of anilines is 1. The Morgan fingerprint density at radius 3 is 2.85 bits per heavy atom. The van der Waals surface area contributed by atoms with Crippen LogP contribution in [-0.4, -0.2) is 37.3 Å². The first-order chi connectivity index (χ1) is 12.5. The van der Waals surface area contributed by atoms with Crippen LogP contribution in [0.3, 0.4) is 0 Å². The SMILES string of the molecule is CC(C)CC1CN(c2ccc(-c3cccnc3)c(OC(F)F)c2)CCN1. The van der Waals surface area contributed by atoms with E-state index >= 15 is 0 Å². The summed E-state index contributed by atoms with van der Waals surface area (Å²) in [5.41, 5.74) is 2.28. The monoisotopic (exact) mass is 361 g/mol. The van der Waals surface area contributed by atoms with Crippen molar-refractivity contribution in [3.63, 3.8) is 0 Å². The molecule has 4 nitrogen and oxygen atoms in total. The topological polar surface area (TPSA) is 37.4 Å². The third-order valence-electron chi connectivity index (χ3n) is 4.53. The van der Waals surface area contributed by atoms with E-state index in [-0.39, 0.29) is 5.75 Å². The van der Waals surface area contributed by atoms with Gasteiger partial charge in [0.2, 0.25) is 0 Å². The van der Waals surface area contributed by atoms with Crippen LogP contribution in [0.2, 0.25) is 0 Å². The predicted octanol–water partition coefficient (Wildman–Crippen LogP) is 4.17. The number of rotatable bonds is 6. The highest BCUT2D eigenvalue weighted by Gasteiger charge is 2.22. The molecule has 1 unspecified atom stereocenters. The third-order valence-corrected chi connectivity index (χ3v) is 4.53. The van der Waals surface area contributed by atoms with Gasteiger partial charge in [-0.15, -0.1) is 0 Å². The van der Waals surface area contributed by atoms with E-state index in [1.165, 1.54) is 0 Å². The number of benzene rings is 1. The molecular weight excluding hydrogens is 336 g/mol. The predicted molar refractivity (Wildman–Crippen MR) is 99.8 cm³/mol. The van der Waals surface area contributed by atoms with Crippen molar-refractivity contribution in [2.45, 2.75) is 32.9 Å². The summed E-state index contributed by atoms with van der Waals surface area (Å²) in [7, 11) is 0. The molecule has 6 heteroatoms. The van der Waals surface area contributed by atoms with Crippen LogP contribution in [0.1, 0.15) is 20.3 Å². The second-order valence-electron chi connectivity index (χ2n) is 7.03. The van der Waals surface area contributed by atoms with Gasteiger partial charge in [0.25, 0.3) is 0 Å². The largest absolute Gasteiger partial charge is 0.434 e. The van der Waals surface area contributed by atoms with Gasteiger partial charge in [0.05, 0.1) is 0 Å². The molecule has 3 rings (SSSR count). The Labute approximate surface area is 153 Å². The van der Waals surface area contributed by atoms with Gasteiger partial charge in [-0.05, 0) is 30.5 Å². The van der Waals surface area contributed by atoms with E-state index in [1.807, 2.05) is 18.2 Å². The summed E-state index contributed by atoms with van der Waals surface area (Å²) in [6, 6.07) is 9.54. The van der Waals surface area contributed by atoms with Crippen molar-refractivity contribution in [1.82, 2.24) is 10.3 Å². The number of hydrogen-bond acceptors (Lipinski definition) is 4. The number of hydrogen-bond donors (Lipinski definition) is 1. The Bertz CT molecular complexity index is 709. The van der Waals surface area contributed by atoms with Gasteiger partial charge in [-0.3, -0.25) is 4.98 Å². The Morgan fingerprint density at radius 1 is 1.31 bits per heavy atom. The van der Waals surface area contributed by atoms with Gasteiger partial charge in [-0.2, -0.15) is 8.78 Å². The van der Waals surface area contributed by atoms with Crippen molar-refractivity contribution in [2.75, 3.05) is 24.5 Å². The van der Waals surface area contributed by atoms with Crippen molar-refractivity contribution in [2.24, 2.45) is 5.92 Å². The third kappa shape index (κ3) is 4.69. The zero-order valence-electron chi connectivity index (χ0n) is 15.2. The Balaban J connectivity index is 1.86. The number of aromatic nitrogens is 1. The molecule has 2 heterocycles. The zero-order valence-corrected chi connectivity index (χ0v) is 15.2. The van der Waals surface area contributed by atoms with E-state index < -0.39 is 6.61 Å². The average Bonchev–Trinajstić information content (AvgIpc) is 2.61. The summed E-state index contributed by atoms with van der Waals surface area (Å²) >= 11 is 0. The summed E-state index contributed by atoms with van der Waals surface area (Å²) in [4.78, 5) is 6.30. The van der Waals surface area contributed by atoms with Crippen LogP contribution in [0, 0.1) is 5.92 Å². The first-order valence-corrected chi connectivity index (χ1v) is 9.00. The van der Waals surface area contributed by atoms with Crippen LogP contribution in [-0.2, 0) is 0 Å². The molecule has 1 aliphatic heterocycles. The minimum Gasteiger partial charge on any atom is -0.434 e. The fraction of sp³-hybridized carbons (Fsp3) is 0.450. The van der Waals surface area contributed by atoms with E-state index in [4.69, 9.17) is 4.74 Å². The van der Waals surface area contributed by atoms with Crippen molar-refractivity contribution < 1.29 is 13.5 Å². The summed E-state index contributed by atoms with van der Waals surface area (Å²) in [6.07, 6.45) is 4.39. The Kier molecular flexibility index (Phi) is 6.04. The minimum absolute atomic E-state index is 0.185. The molecule has 1 atom stereocenters. The first kappa shape index (κ1) is 18.6. The van der Waals surface area contributed by atoms with E-state index in [0.717, 1.165) is 37.3 Å². The lowest BCUT2D eigenvalue weighted by Gasteiger charge is -2.36. The number of pyridine rings is 1. The van der Waals surface area contributed by atoms with Crippen LogP contribution in [0.4, 0.5) is 14.5 Å². The molecule has 1 fully saturated rings. The van der Waals surface area contributed by atoms with Gasteiger partial charge >= 0.3 is 6.61 Å². The first-order valence-electron chi connectivity index (χ1n) is 9.00. The highest BCUT2D eigenvalue weighted by molar-refractivity contribution is 5.73. The molecule has 1 N–H and O–H groups in total. The van der Waals surface area contributed by atoms with E-state index in [1.54, 1.807) is 24.5 Å². The summed E-state index contributed by atoms with van der Waals surface area (Å²) in [5, 5.41) is 3.53. The number of nitrogens with zero attached hydrogens (tertiary/aromatic N) is 2. The van der Waals surface area contributed by atoms with E-state index in [9.17, 15) is 8.78 Å². The Hall–Kier alpha value is -2.21. The molecule has 1 aliphatic rings. The molecule has 26 heavy (non-hydrogen) atoms. The van der Waals surface area contributed by atoms with Crippen LogP contribution in [0.15, 0.2) is 42.7 Å². The quantitative estimate of drug-likeness (QED) is 0.838. The fourth-order valence-electron chi connectivity index (χ4n) is 3.45. The molecule has 0 saturated carbocycles. The lowest BCUT2D eigenvalue weighted by Crippen LogP contribution is -2.51. The number of nitrogens with one attached hydrogen (secondary N) is 1. The van der Waals surface area contributed by atoms with Crippen LogP contribution in [0.25, 0.3) is 11.1 Å². The maximum Gasteiger partial charge on any atom is 0.387 e. The van der Waals surface area contributed by atoms with E-state index in [0.29, 0.717) is 17.5 Å². The highest BCUT2D eigenvalue weighted by atomic mass is 19.3. The molecule has 0 bridgehead atoms. The van der Waals surface area contributed by atoms with Crippen molar-refractivity contribution in [3.8, 4) is 16.9 Å². The maximum atomic E-state index is 12.9. The van der Waals surface area contributed by atoms with Crippen molar-refractivity contribution in [3.05, 3.63) is 42.7 Å². The van der Waals surface area contributed by atoms with Gasteiger partial charge in [-0.25, -0.2) is 0 Å². The number of piperazine rings is 1. The second kappa shape index (κ2) is 8.45. The van der Waals surface area contributed by atoms with Gasteiger partial charge < -0.3 is 15.0 Å². The lowest BCUT2D eigenvalue weighted by atomic mass is 10.0.